The zero-order valence-electron chi connectivity index (χ0n) is 11.2. The largest absolute Gasteiger partial charge is 0.314 e. The zero-order chi connectivity index (χ0) is 12.5. The lowest BCUT2D eigenvalue weighted by Crippen LogP contribution is -2.33. The predicted octanol–water partition coefficient (Wildman–Crippen LogP) is 2.48. The molecule has 0 unspecified atom stereocenters. The highest BCUT2D eigenvalue weighted by molar-refractivity contribution is 5.07. The van der Waals surface area contributed by atoms with Crippen LogP contribution in [0, 0.1) is 0 Å². The van der Waals surface area contributed by atoms with Crippen LogP contribution in [0.1, 0.15) is 44.1 Å². The van der Waals surface area contributed by atoms with Crippen LogP contribution in [0.3, 0.4) is 0 Å². The van der Waals surface area contributed by atoms with Gasteiger partial charge in [-0.2, -0.15) is 0 Å². The highest BCUT2D eigenvalue weighted by Gasteiger charge is 2.11. The monoisotopic (exact) mass is 247 g/mol. The lowest BCUT2D eigenvalue weighted by molar-refractivity contribution is 0.371. The van der Waals surface area contributed by atoms with Gasteiger partial charge in [0, 0.05) is 25.0 Å². The van der Waals surface area contributed by atoms with Crippen LogP contribution in [0.25, 0.3) is 0 Å². The molecule has 0 amide bonds. The van der Waals surface area contributed by atoms with E-state index in [4.69, 9.17) is 0 Å². The van der Waals surface area contributed by atoms with Crippen molar-refractivity contribution in [1.82, 2.24) is 15.6 Å². The number of hydrogen-bond acceptors (Lipinski definition) is 3. The minimum Gasteiger partial charge on any atom is -0.314 e. The molecule has 1 saturated carbocycles. The molecule has 0 atom stereocenters. The lowest BCUT2D eigenvalue weighted by Gasteiger charge is -2.22. The smallest absolute Gasteiger partial charge is 0.0312 e. The van der Waals surface area contributed by atoms with Crippen molar-refractivity contribution < 1.29 is 0 Å². The first-order valence-electron chi connectivity index (χ1n) is 7.28. The molecule has 0 saturated heterocycles. The third-order valence-corrected chi connectivity index (χ3v) is 3.62. The van der Waals surface area contributed by atoms with Crippen molar-refractivity contribution >= 4 is 0 Å². The van der Waals surface area contributed by atoms with E-state index in [-0.39, 0.29) is 0 Å². The van der Waals surface area contributed by atoms with Gasteiger partial charge in [-0.05, 0) is 44.0 Å². The van der Waals surface area contributed by atoms with Crippen molar-refractivity contribution in [3.8, 4) is 0 Å². The van der Waals surface area contributed by atoms with E-state index in [2.05, 4.69) is 21.7 Å². The molecule has 2 N–H and O–H groups in total. The molecule has 0 spiro atoms. The Hall–Kier alpha value is -0.930. The molecule has 3 nitrogen and oxygen atoms in total. The van der Waals surface area contributed by atoms with Gasteiger partial charge in [-0.15, -0.1) is 0 Å². The van der Waals surface area contributed by atoms with E-state index < -0.39 is 0 Å². The summed E-state index contributed by atoms with van der Waals surface area (Å²) in [4.78, 5) is 4.11. The summed E-state index contributed by atoms with van der Waals surface area (Å²) in [5, 5.41) is 7.13. The molecule has 0 radical (unpaired) electrons. The second-order valence-corrected chi connectivity index (χ2v) is 5.18. The van der Waals surface area contributed by atoms with Crippen LogP contribution in [-0.2, 0) is 6.54 Å². The molecule has 3 heteroatoms. The van der Waals surface area contributed by atoms with Gasteiger partial charge in [-0.1, -0.05) is 25.3 Å². The molecule has 1 aliphatic rings. The van der Waals surface area contributed by atoms with Crippen LogP contribution in [0.4, 0.5) is 0 Å². The molecule has 1 fully saturated rings. The average molecular weight is 247 g/mol. The number of pyridine rings is 1. The topological polar surface area (TPSA) is 37.0 Å². The first-order valence-corrected chi connectivity index (χ1v) is 7.28. The molecule has 0 aliphatic heterocycles. The summed E-state index contributed by atoms with van der Waals surface area (Å²) >= 11 is 0. The molecule has 18 heavy (non-hydrogen) atoms. The highest BCUT2D eigenvalue weighted by atomic mass is 14.9. The van der Waals surface area contributed by atoms with Crippen LogP contribution in [0.2, 0.25) is 0 Å². The Morgan fingerprint density at radius 1 is 1.17 bits per heavy atom. The van der Waals surface area contributed by atoms with E-state index in [1.54, 1.807) is 0 Å². The second kappa shape index (κ2) is 8.22. The minimum atomic E-state index is 0.789. The van der Waals surface area contributed by atoms with E-state index in [1.165, 1.54) is 44.1 Å². The van der Waals surface area contributed by atoms with Gasteiger partial charge in [0.25, 0.3) is 0 Å². The van der Waals surface area contributed by atoms with Crippen LogP contribution < -0.4 is 10.6 Å². The number of rotatable bonds is 7. The van der Waals surface area contributed by atoms with Crippen molar-refractivity contribution in [2.45, 2.75) is 51.1 Å². The molecule has 0 aromatic carbocycles. The quantitative estimate of drug-likeness (QED) is 0.727. The Morgan fingerprint density at radius 3 is 2.83 bits per heavy atom. The maximum Gasteiger partial charge on any atom is 0.0312 e. The van der Waals surface area contributed by atoms with Crippen molar-refractivity contribution in [2.24, 2.45) is 0 Å². The molecular weight excluding hydrogens is 222 g/mol. The number of nitrogens with one attached hydrogen (secondary N) is 2. The summed E-state index contributed by atoms with van der Waals surface area (Å²) in [6.45, 7) is 3.15. The van der Waals surface area contributed by atoms with Crippen molar-refractivity contribution in [2.75, 3.05) is 13.1 Å². The van der Waals surface area contributed by atoms with Crippen LogP contribution >= 0.6 is 0 Å². The number of hydrogen-bond donors (Lipinski definition) is 2. The number of nitrogens with zero attached hydrogens (tertiary/aromatic N) is 1. The third-order valence-electron chi connectivity index (χ3n) is 3.62. The fourth-order valence-electron chi connectivity index (χ4n) is 2.56. The second-order valence-electron chi connectivity index (χ2n) is 5.18. The van der Waals surface area contributed by atoms with Gasteiger partial charge < -0.3 is 10.6 Å². The predicted molar refractivity (Wildman–Crippen MR) is 75.4 cm³/mol. The minimum absolute atomic E-state index is 0.789. The fraction of sp³-hybridized carbons (Fsp3) is 0.667. The molecule has 0 bridgehead atoms. The van der Waals surface area contributed by atoms with Crippen molar-refractivity contribution in [3.05, 3.63) is 30.1 Å². The Labute approximate surface area is 110 Å². The molecule has 1 aliphatic carbocycles. The number of aromatic nitrogens is 1. The van der Waals surface area contributed by atoms with Crippen LogP contribution in [0.15, 0.2) is 24.5 Å². The summed E-state index contributed by atoms with van der Waals surface area (Å²) in [5.41, 5.74) is 1.26. The summed E-state index contributed by atoms with van der Waals surface area (Å²) < 4.78 is 0. The van der Waals surface area contributed by atoms with Gasteiger partial charge in [0.2, 0.25) is 0 Å². The summed E-state index contributed by atoms with van der Waals surface area (Å²) in [5.74, 6) is 0. The van der Waals surface area contributed by atoms with Crippen molar-refractivity contribution in [1.29, 1.82) is 0 Å². The van der Waals surface area contributed by atoms with E-state index in [0.717, 1.165) is 25.7 Å². The van der Waals surface area contributed by atoms with Gasteiger partial charge in [-0.3, -0.25) is 4.98 Å². The first kappa shape index (κ1) is 13.5. The van der Waals surface area contributed by atoms with Gasteiger partial charge in [-0.25, -0.2) is 0 Å². The Balaban J connectivity index is 1.46. The van der Waals surface area contributed by atoms with E-state index in [0.29, 0.717) is 0 Å². The van der Waals surface area contributed by atoms with Crippen LogP contribution in [-0.4, -0.2) is 24.1 Å². The van der Waals surface area contributed by atoms with Crippen LogP contribution in [0.5, 0.6) is 0 Å². The van der Waals surface area contributed by atoms with Crippen molar-refractivity contribution in [3.63, 3.8) is 0 Å². The van der Waals surface area contributed by atoms with E-state index in [9.17, 15) is 0 Å². The summed E-state index contributed by atoms with van der Waals surface area (Å²) in [6, 6.07) is 4.89. The Kier molecular flexibility index (Phi) is 6.17. The molecule has 100 valence electrons. The Bertz CT molecular complexity index is 307. The Morgan fingerprint density at radius 2 is 2.06 bits per heavy atom. The third kappa shape index (κ3) is 5.15. The zero-order valence-corrected chi connectivity index (χ0v) is 11.2. The molecule has 1 aromatic rings. The van der Waals surface area contributed by atoms with Gasteiger partial charge in [0.05, 0.1) is 0 Å². The maximum atomic E-state index is 4.11. The van der Waals surface area contributed by atoms with Gasteiger partial charge in [0.1, 0.15) is 0 Å². The highest BCUT2D eigenvalue weighted by Crippen LogP contribution is 2.17. The van der Waals surface area contributed by atoms with E-state index >= 15 is 0 Å². The maximum absolute atomic E-state index is 4.11. The molecule has 1 heterocycles. The lowest BCUT2D eigenvalue weighted by atomic mass is 9.95. The summed E-state index contributed by atoms with van der Waals surface area (Å²) in [6.07, 6.45) is 12.0. The molecule has 1 aromatic heterocycles. The normalized spacial score (nSPS) is 16.9. The average Bonchev–Trinajstić information content (AvgIpc) is 2.45. The van der Waals surface area contributed by atoms with E-state index in [1.807, 2.05) is 18.5 Å². The SMILES string of the molecule is c1cncc(CNCCCNC2CCCCC2)c1. The standard InChI is InChI=1S/C15H25N3/c1-2-7-15(8-3-1)18-11-5-10-17-13-14-6-4-9-16-12-14/h4,6,9,12,15,17-18H,1-3,5,7-8,10-11,13H2. The first-order chi connectivity index (χ1) is 8.95. The molecule has 2 rings (SSSR count). The fourth-order valence-corrected chi connectivity index (χ4v) is 2.56. The van der Waals surface area contributed by atoms with Gasteiger partial charge in [0.15, 0.2) is 0 Å². The van der Waals surface area contributed by atoms with Gasteiger partial charge >= 0.3 is 0 Å². The summed E-state index contributed by atoms with van der Waals surface area (Å²) in [7, 11) is 0. The molecular formula is C15H25N3.